The number of Topliss-reactive ketones (excluding diaryl/α,β-unsaturated/α-hetero) is 1. The van der Waals surface area contributed by atoms with Gasteiger partial charge in [0, 0.05) is 6.92 Å². The quantitative estimate of drug-likeness (QED) is 0.430. The van der Waals surface area contributed by atoms with Crippen LogP contribution in [-0.4, -0.2) is 17.9 Å². The van der Waals surface area contributed by atoms with Gasteiger partial charge in [-0.1, -0.05) is 5.92 Å². The summed E-state index contributed by atoms with van der Waals surface area (Å²) in [6.45, 7) is 4.16. The highest BCUT2D eigenvalue weighted by atomic mass is 16.5. The minimum absolute atomic E-state index is 0.255. The summed E-state index contributed by atoms with van der Waals surface area (Å²) in [5.41, 5.74) is 0. The molecule has 1 atom stereocenters. The predicted octanol–water partition coefficient (Wildman–Crippen LogP) is 0.530. The molecule has 0 heterocycles. The summed E-state index contributed by atoms with van der Waals surface area (Å²) in [5.74, 6) is 4.23. The molecule has 0 aliphatic heterocycles. The molecule has 0 aliphatic carbocycles. The summed E-state index contributed by atoms with van der Waals surface area (Å²) < 4.78 is 4.59. The zero-order valence-electron chi connectivity index (χ0n) is 6.80. The first-order valence-electron chi connectivity index (χ1n) is 3.18. The van der Waals surface area contributed by atoms with Gasteiger partial charge in [0.05, 0.1) is 0 Å². The molecule has 0 saturated heterocycles. The summed E-state index contributed by atoms with van der Waals surface area (Å²) in [6, 6.07) is 0. The number of carbonyl (C=O) groups is 2. The molecular weight excluding hydrogens is 144 g/mol. The number of ketones is 1. The largest absolute Gasteiger partial charge is 0.441 e. The molecule has 0 fully saturated rings. The molecule has 11 heavy (non-hydrogen) atoms. The Morgan fingerprint density at radius 1 is 1.36 bits per heavy atom. The molecule has 60 valence electrons. The first-order valence-corrected chi connectivity index (χ1v) is 3.18. The van der Waals surface area contributed by atoms with Crippen molar-refractivity contribution in [3.63, 3.8) is 0 Å². The fourth-order valence-corrected chi connectivity index (χ4v) is 0.511. The van der Waals surface area contributed by atoms with Gasteiger partial charge in [0.1, 0.15) is 0 Å². The molecular formula is C8H10O3. The van der Waals surface area contributed by atoms with Crippen LogP contribution in [0.15, 0.2) is 0 Å². The zero-order chi connectivity index (χ0) is 8.85. The molecule has 0 spiro atoms. The number of esters is 1. The van der Waals surface area contributed by atoms with Crippen LogP contribution in [0.5, 0.6) is 0 Å². The standard InChI is InChI=1S/C8H10O3/c1-4-5-8(6(2)9)11-7(3)10/h8H,1-3H3. The first-order chi connectivity index (χ1) is 5.07. The Morgan fingerprint density at radius 2 is 1.91 bits per heavy atom. The predicted molar refractivity (Wildman–Crippen MR) is 39.7 cm³/mol. The minimum Gasteiger partial charge on any atom is -0.441 e. The van der Waals surface area contributed by atoms with Crippen LogP contribution in [0.2, 0.25) is 0 Å². The monoisotopic (exact) mass is 154 g/mol. The van der Waals surface area contributed by atoms with Crippen LogP contribution >= 0.6 is 0 Å². The van der Waals surface area contributed by atoms with Gasteiger partial charge < -0.3 is 4.74 Å². The summed E-state index contributed by atoms with van der Waals surface area (Å²) in [6.07, 6.45) is -0.891. The molecule has 0 aromatic carbocycles. The lowest BCUT2D eigenvalue weighted by atomic mass is 10.2. The summed E-state index contributed by atoms with van der Waals surface area (Å²) in [7, 11) is 0. The van der Waals surface area contributed by atoms with E-state index >= 15 is 0 Å². The van der Waals surface area contributed by atoms with Gasteiger partial charge in [0.15, 0.2) is 5.78 Å². The van der Waals surface area contributed by atoms with Crippen LogP contribution in [0.4, 0.5) is 0 Å². The maximum Gasteiger partial charge on any atom is 0.304 e. The van der Waals surface area contributed by atoms with Crippen molar-refractivity contribution in [3.05, 3.63) is 0 Å². The van der Waals surface area contributed by atoms with E-state index in [-0.39, 0.29) is 5.78 Å². The highest BCUT2D eigenvalue weighted by molar-refractivity contribution is 5.86. The average molecular weight is 154 g/mol. The van der Waals surface area contributed by atoms with Crippen molar-refractivity contribution in [3.8, 4) is 11.8 Å². The van der Waals surface area contributed by atoms with Crippen molar-refractivity contribution < 1.29 is 14.3 Å². The van der Waals surface area contributed by atoms with Crippen molar-refractivity contribution in [1.29, 1.82) is 0 Å². The van der Waals surface area contributed by atoms with Crippen molar-refractivity contribution in [2.24, 2.45) is 0 Å². The van der Waals surface area contributed by atoms with Crippen LogP contribution in [0.25, 0.3) is 0 Å². The van der Waals surface area contributed by atoms with E-state index in [1.165, 1.54) is 13.8 Å². The second kappa shape index (κ2) is 4.51. The smallest absolute Gasteiger partial charge is 0.304 e. The summed E-state index contributed by atoms with van der Waals surface area (Å²) in [5, 5.41) is 0. The van der Waals surface area contributed by atoms with Gasteiger partial charge in [-0.25, -0.2) is 0 Å². The van der Waals surface area contributed by atoms with Gasteiger partial charge in [-0.05, 0) is 13.8 Å². The minimum atomic E-state index is -0.891. The molecule has 1 unspecified atom stereocenters. The molecule has 0 rings (SSSR count). The van der Waals surface area contributed by atoms with Crippen LogP contribution in [0.3, 0.4) is 0 Å². The molecule has 0 aromatic heterocycles. The third-order valence-corrected chi connectivity index (χ3v) is 0.928. The van der Waals surface area contributed by atoms with Crippen LogP contribution in [0.1, 0.15) is 20.8 Å². The summed E-state index contributed by atoms with van der Waals surface area (Å²) in [4.78, 5) is 21.1. The van der Waals surface area contributed by atoms with Gasteiger partial charge in [0.25, 0.3) is 0 Å². The Morgan fingerprint density at radius 3 is 2.18 bits per heavy atom. The van der Waals surface area contributed by atoms with E-state index in [2.05, 4.69) is 16.6 Å². The van der Waals surface area contributed by atoms with Gasteiger partial charge in [-0.15, -0.1) is 5.92 Å². The number of carbonyl (C=O) groups excluding carboxylic acids is 2. The molecule has 0 saturated carbocycles. The normalized spacial score (nSPS) is 10.8. The van der Waals surface area contributed by atoms with E-state index in [1.54, 1.807) is 6.92 Å². The fraction of sp³-hybridized carbons (Fsp3) is 0.500. The average Bonchev–Trinajstić information content (AvgIpc) is 1.86. The van der Waals surface area contributed by atoms with Gasteiger partial charge in [0.2, 0.25) is 6.10 Å². The van der Waals surface area contributed by atoms with Crippen LogP contribution in [0, 0.1) is 11.8 Å². The molecule has 0 amide bonds. The fourth-order valence-electron chi connectivity index (χ4n) is 0.511. The third kappa shape index (κ3) is 4.15. The highest BCUT2D eigenvalue weighted by Gasteiger charge is 2.12. The lowest BCUT2D eigenvalue weighted by Crippen LogP contribution is -2.22. The second-order valence-electron chi connectivity index (χ2n) is 1.99. The number of rotatable bonds is 2. The molecule has 3 heteroatoms. The van der Waals surface area contributed by atoms with E-state index in [4.69, 9.17) is 0 Å². The lowest BCUT2D eigenvalue weighted by Gasteiger charge is -2.05. The number of ether oxygens (including phenoxy) is 1. The maximum absolute atomic E-state index is 10.7. The topological polar surface area (TPSA) is 43.4 Å². The first kappa shape index (κ1) is 9.70. The van der Waals surface area contributed by atoms with Crippen LogP contribution < -0.4 is 0 Å². The van der Waals surface area contributed by atoms with Crippen LogP contribution in [-0.2, 0) is 14.3 Å². The Balaban J connectivity index is 4.19. The van der Waals surface area contributed by atoms with Gasteiger partial charge >= 0.3 is 5.97 Å². The molecule has 0 N–H and O–H groups in total. The van der Waals surface area contributed by atoms with E-state index in [9.17, 15) is 9.59 Å². The van der Waals surface area contributed by atoms with Gasteiger partial charge in [-0.3, -0.25) is 9.59 Å². The molecule has 0 aromatic rings. The second-order valence-corrected chi connectivity index (χ2v) is 1.99. The Bertz CT molecular complexity index is 219. The van der Waals surface area contributed by atoms with E-state index < -0.39 is 12.1 Å². The Labute approximate surface area is 65.7 Å². The van der Waals surface area contributed by atoms with E-state index in [0.29, 0.717) is 0 Å². The lowest BCUT2D eigenvalue weighted by molar-refractivity contribution is -0.148. The summed E-state index contributed by atoms with van der Waals surface area (Å²) >= 11 is 0. The van der Waals surface area contributed by atoms with Crippen molar-refractivity contribution in [2.45, 2.75) is 26.9 Å². The Hall–Kier alpha value is -1.30. The van der Waals surface area contributed by atoms with E-state index in [1.807, 2.05) is 0 Å². The molecule has 3 nitrogen and oxygen atoms in total. The molecule has 0 radical (unpaired) electrons. The molecule has 0 aliphatic rings. The highest BCUT2D eigenvalue weighted by Crippen LogP contribution is 1.92. The van der Waals surface area contributed by atoms with Crippen molar-refractivity contribution in [2.75, 3.05) is 0 Å². The zero-order valence-corrected chi connectivity index (χ0v) is 6.80. The Kier molecular flexibility index (Phi) is 3.97. The van der Waals surface area contributed by atoms with E-state index in [0.717, 1.165) is 0 Å². The van der Waals surface area contributed by atoms with Gasteiger partial charge in [-0.2, -0.15) is 0 Å². The van der Waals surface area contributed by atoms with Crippen molar-refractivity contribution in [1.82, 2.24) is 0 Å². The van der Waals surface area contributed by atoms with Crippen molar-refractivity contribution >= 4 is 11.8 Å². The number of hydrogen-bond donors (Lipinski definition) is 0. The molecule has 0 bridgehead atoms. The number of hydrogen-bond acceptors (Lipinski definition) is 3. The SMILES string of the molecule is CC#CC(OC(C)=O)C(C)=O. The third-order valence-electron chi connectivity index (χ3n) is 0.928. The maximum atomic E-state index is 10.7.